The number of aliphatic hydroxyl groups excluding tert-OH is 1. The van der Waals surface area contributed by atoms with E-state index in [1.54, 1.807) is 0 Å². The summed E-state index contributed by atoms with van der Waals surface area (Å²) in [5.74, 6) is 0. The standard InChI is InChI=1S/C12H6N8O12/c21-12-8(20(31)32)3-5(17(25)26)9-11(12)15(22)14(13-9)10-6(18(27)28)1-4(16(23)24)2-7(10)19(29)30/h1-3,12-13,21H. The van der Waals surface area contributed by atoms with Crippen molar-refractivity contribution in [3.8, 4) is 0 Å². The molecule has 166 valence electrons. The van der Waals surface area contributed by atoms with Crippen molar-refractivity contribution < 1.29 is 34.6 Å². The number of aliphatic hydroxyl groups is 1. The Morgan fingerprint density at radius 2 is 1.41 bits per heavy atom. The van der Waals surface area contributed by atoms with Gasteiger partial charge in [0, 0.05) is 0 Å². The zero-order valence-corrected chi connectivity index (χ0v) is 14.9. The highest BCUT2D eigenvalue weighted by molar-refractivity contribution is 6.04. The SMILES string of the molecule is O=[N+]([O-])C1=CC([N+](=O)[O-])=C2NN(c3c([N+](=O)[O-])cc([N+](=O)[O-])cc3[N+](=O)[O-])[N+]([O-])=C2C1O. The van der Waals surface area contributed by atoms with Gasteiger partial charge >= 0.3 is 17.1 Å². The number of hydrogen-bond donors (Lipinski definition) is 2. The van der Waals surface area contributed by atoms with E-state index in [9.17, 15) is 60.9 Å². The Bertz CT molecular complexity index is 1200. The van der Waals surface area contributed by atoms with Crippen molar-refractivity contribution in [2.75, 3.05) is 5.12 Å². The summed E-state index contributed by atoms with van der Waals surface area (Å²) in [6.45, 7) is 0. The smallest absolute Gasteiger partial charge is 0.314 e. The molecule has 0 saturated carbocycles. The molecule has 0 radical (unpaired) electrons. The van der Waals surface area contributed by atoms with Crippen LogP contribution < -0.4 is 10.5 Å². The summed E-state index contributed by atoms with van der Waals surface area (Å²) >= 11 is 0. The van der Waals surface area contributed by atoms with E-state index in [1.165, 1.54) is 0 Å². The number of hydrazone groups is 1. The van der Waals surface area contributed by atoms with Gasteiger partial charge in [0.1, 0.15) is 0 Å². The van der Waals surface area contributed by atoms with Crippen molar-refractivity contribution in [2.45, 2.75) is 6.10 Å². The highest BCUT2D eigenvalue weighted by Crippen LogP contribution is 2.42. The number of allylic oxidation sites excluding steroid dienone is 1. The molecule has 1 aromatic carbocycles. The van der Waals surface area contributed by atoms with Crippen molar-refractivity contribution in [3.63, 3.8) is 0 Å². The van der Waals surface area contributed by atoms with Gasteiger partial charge in [-0.05, 0) is 5.12 Å². The lowest BCUT2D eigenvalue weighted by atomic mass is 10.0. The minimum atomic E-state index is -2.37. The zero-order valence-electron chi connectivity index (χ0n) is 14.9. The maximum Gasteiger partial charge on any atom is 0.314 e. The summed E-state index contributed by atoms with van der Waals surface area (Å²) in [6.07, 6.45) is -2.04. The third-order valence-corrected chi connectivity index (χ3v) is 4.22. The first-order valence-corrected chi connectivity index (χ1v) is 7.81. The number of benzene rings is 1. The van der Waals surface area contributed by atoms with Crippen molar-refractivity contribution >= 4 is 28.5 Å². The molecule has 20 heteroatoms. The van der Waals surface area contributed by atoms with Gasteiger partial charge in [0.25, 0.3) is 22.8 Å². The summed E-state index contributed by atoms with van der Waals surface area (Å²) in [6, 6.07) is 0.592. The molecule has 32 heavy (non-hydrogen) atoms. The van der Waals surface area contributed by atoms with Crippen molar-refractivity contribution in [2.24, 2.45) is 0 Å². The Morgan fingerprint density at radius 1 is 0.875 bits per heavy atom. The predicted octanol–water partition coefficient (Wildman–Crippen LogP) is -0.375. The monoisotopic (exact) mass is 454 g/mol. The lowest BCUT2D eigenvalue weighted by Crippen LogP contribution is -2.37. The van der Waals surface area contributed by atoms with E-state index >= 15 is 0 Å². The fraction of sp³-hybridized carbons (Fsp3) is 0.0833. The molecule has 1 aliphatic heterocycles. The van der Waals surface area contributed by atoms with Crippen LogP contribution >= 0.6 is 0 Å². The fourth-order valence-electron chi connectivity index (χ4n) is 2.91. The Labute approximate surface area is 171 Å². The summed E-state index contributed by atoms with van der Waals surface area (Å²) in [4.78, 5) is 49.6. The summed E-state index contributed by atoms with van der Waals surface area (Å²) < 4.78 is 0. The molecule has 0 spiro atoms. The number of hydrogen-bond acceptors (Lipinski definition) is 14. The van der Waals surface area contributed by atoms with Crippen LogP contribution in [0.4, 0.5) is 22.7 Å². The number of nitrogens with zero attached hydrogens (tertiary/aromatic N) is 7. The quantitative estimate of drug-likeness (QED) is 0.240. The summed E-state index contributed by atoms with van der Waals surface area (Å²) in [5, 5.41) is 79.1. The summed E-state index contributed by atoms with van der Waals surface area (Å²) in [7, 11) is 0. The molecule has 1 atom stereocenters. The molecule has 0 saturated heterocycles. The van der Waals surface area contributed by atoms with Crippen LogP contribution in [0.1, 0.15) is 0 Å². The van der Waals surface area contributed by atoms with Crippen LogP contribution in [0, 0.1) is 55.8 Å². The lowest BCUT2D eigenvalue weighted by Gasteiger charge is -2.15. The van der Waals surface area contributed by atoms with Gasteiger partial charge in [-0.1, -0.05) is 4.85 Å². The highest BCUT2D eigenvalue weighted by Gasteiger charge is 2.53. The molecule has 0 fully saturated rings. The maximum atomic E-state index is 12.8. The van der Waals surface area contributed by atoms with Gasteiger partial charge in [-0.15, -0.1) is 0 Å². The Morgan fingerprint density at radius 3 is 1.81 bits per heavy atom. The molecule has 0 bridgehead atoms. The van der Waals surface area contributed by atoms with Crippen molar-refractivity contribution in [1.82, 2.24) is 5.43 Å². The largest absolute Gasteiger partial charge is 0.594 e. The molecule has 20 nitrogen and oxygen atoms in total. The van der Waals surface area contributed by atoms with E-state index in [1.807, 2.05) is 5.43 Å². The Balaban J connectivity index is 2.34. The van der Waals surface area contributed by atoms with Gasteiger partial charge in [-0.25, -0.2) is 5.43 Å². The maximum absolute atomic E-state index is 12.8. The van der Waals surface area contributed by atoms with Crippen LogP contribution in [0.25, 0.3) is 0 Å². The second-order valence-electron chi connectivity index (χ2n) is 5.93. The number of nitrogens with one attached hydrogen (secondary N) is 1. The fourth-order valence-corrected chi connectivity index (χ4v) is 2.91. The number of nitro groups is 5. The van der Waals surface area contributed by atoms with E-state index < -0.39 is 81.1 Å². The molecule has 2 aliphatic rings. The molecule has 3 rings (SSSR count). The van der Waals surface area contributed by atoms with E-state index in [4.69, 9.17) is 0 Å². The van der Waals surface area contributed by atoms with Crippen LogP contribution in [0.2, 0.25) is 0 Å². The molecular weight excluding hydrogens is 448 g/mol. The number of non-ortho nitro benzene ring substituents is 1. The first-order chi connectivity index (χ1) is 14.9. The molecule has 1 aliphatic carbocycles. The van der Waals surface area contributed by atoms with E-state index in [2.05, 4.69) is 0 Å². The minimum absolute atomic E-state index is 0.00585. The normalized spacial score (nSPS) is 17.5. The van der Waals surface area contributed by atoms with Gasteiger partial charge in [-0.3, -0.25) is 50.6 Å². The Hall–Kier alpha value is -5.27. The number of anilines is 1. The van der Waals surface area contributed by atoms with Crippen molar-refractivity contribution in [3.05, 3.63) is 91.1 Å². The van der Waals surface area contributed by atoms with Gasteiger partial charge in [0.15, 0.2) is 0 Å². The molecule has 1 aromatic rings. The number of rotatable bonds is 6. The van der Waals surface area contributed by atoms with Crippen LogP contribution in [0.15, 0.2) is 35.3 Å². The molecule has 2 N–H and O–H groups in total. The molecule has 1 unspecified atom stereocenters. The van der Waals surface area contributed by atoms with Gasteiger partial charge in [0.05, 0.1) is 42.8 Å². The van der Waals surface area contributed by atoms with E-state index in [-0.39, 0.29) is 5.12 Å². The first kappa shape index (κ1) is 21.4. The highest BCUT2D eigenvalue weighted by atomic mass is 16.6. The topological polar surface area (TPSA) is 277 Å². The lowest BCUT2D eigenvalue weighted by molar-refractivity contribution is -0.481. The second kappa shape index (κ2) is 7.21. The molecule has 0 amide bonds. The molecular formula is C12H6N8O12. The predicted molar refractivity (Wildman–Crippen MR) is 95.8 cm³/mol. The molecule has 0 aromatic heterocycles. The Kier molecular flexibility index (Phi) is 4.83. The third-order valence-electron chi connectivity index (χ3n) is 4.22. The average molecular weight is 454 g/mol. The van der Waals surface area contributed by atoms with Crippen LogP contribution in [-0.2, 0) is 0 Å². The van der Waals surface area contributed by atoms with Crippen LogP contribution in [-0.4, -0.2) is 46.4 Å². The number of nitro benzene ring substituents is 3. The minimum Gasteiger partial charge on any atom is -0.594 e. The van der Waals surface area contributed by atoms with E-state index in [0.29, 0.717) is 18.2 Å². The van der Waals surface area contributed by atoms with Gasteiger partial charge < -0.3 is 10.3 Å². The first-order valence-electron chi connectivity index (χ1n) is 7.81. The number of hydrazine groups is 2. The van der Waals surface area contributed by atoms with E-state index in [0.717, 1.165) is 0 Å². The van der Waals surface area contributed by atoms with Crippen LogP contribution in [0.5, 0.6) is 0 Å². The van der Waals surface area contributed by atoms with Gasteiger partial charge in [-0.2, -0.15) is 0 Å². The zero-order chi connectivity index (χ0) is 24.1. The van der Waals surface area contributed by atoms with Crippen LogP contribution in [0.3, 0.4) is 0 Å². The molecule has 1 heterocycles. The summed E-state index contributed by atoms with van der Waals surface area (Å²) in [5.41, 5.74) is -7.14. The van der Waals surface area contributed by atoms with Crippen molar-refractivity contribution in [1.29, 1.82) is 0 Å². The number of fused-ring (bicyclic) bond motifs is 1. The second-order valence-corrected chi connectivity index (χ2v) is 5.93. The van der Waals surface area contributed by atoms with Gasteiger partial charge in [0.2, 0.25) is 11.8 Å². The third kappa shape index (κ3) is 3.13. The average Bonchev–Trinajstić information content (AvgIpc) is 3.03.